The lowest BCUT2D eigenvalue weighted by molar-refractivity contribution is -0.138. The first kappa shape index (κ1) is 35.4. The molecule has 0 aliphatic carbocycles. The number of ether oxygens (including phenoxy) is 2. The summed E-state index contributed by atoms with van der Waals surface area (Å²) in [6.07, 6.45) is 7.42. The Labute approximate surface area is 293 Å². The van der Waals surface area contributed by atoms with Gasteiger partial charge in [0.05, 0.1) is 46.5 Å². The molecule has 3 aromatic carbocycles. The Bertz CT molecular complexity index is 1590. The molecule has 0 bridgehead atoms. The van der Waals surface area contributed by atoms with E-state index in [2.05, 4.69) is 68.5 Å². The van der Waals surface area contributed by atoms with E-state index in [1.165, 1.54) is 22.7 Å². The van der Waals surface area contributed by atoms with Crippen LogP contribution in [0.15, 0.2) is 72.8 Å². The number of fused-ring (bicyclic) bond motifs is 1. The highest BCUT2D eigenvalue weighted by molar-refractivity contribution is 6.91. The van der Waals surface area contributed by atoms with E-state index in [1.54, 1.807) is 7.11 Å². The van der Waals surface area contributed by atoms with Crippen LogP contribution in [0, 0.1) is 5.92 Å². The molecule has 7 nitrogen and oxygen atoms in total. The van der Waals surface area contributed by atoms with E-state index in [0.717, 1.165) is 55.6 Å². The van der Waals surface area contributed by atoms with Crippen molar-refractivity contribution >= 4 is 30.8 Å². The SMILES string of the molecule is COc1ccc([Si](C)(C)[C@@H]2[C@@H](C)[C@@H](CCc3cccc(N4CCCCCCC4=O)c3)O[C@H]2CC(=O)N2Cc3ccccc3C[C@H]2CO)cc1. The zero-order valence-electron chi connectivity index (χ0n) is 29.8. The van der Waals surface area contributed by atoms with Gasteiger partial charge in [0.25, 0.3) is 0 Å². The summed E-state index contributed by atoms with van der Waals surface area (Å²) in [4.78, 5) is 31.0. The predicted molar refractivity (Wildman–Crippen MR) is 198 cm³/mol. The first-order valence-corrected chi connectivity index (χ1v) is 21.4. The maximum Gasteiger partial charge on any atom is 0.226 e. The van der Waals surface area contributed by atoms with Gasteiger partial charge in [0.1, 0.15) is 5.75 Å². The molecule has 3 aliphatic rings. The highest BCUT2D eigenvalue weighted by Gasteiger charge is 2.51. The van der Waals surface area contributed by atoms with Gasteiger partial charge in [-0.1, -0.05) is 86.6 Å². The number of methoxy groups -OCH3 is 1. The lowest BCUT2D eigenvalue weighted by atomic mass is 9.93. The quantitative estimate of drug-likeness (QED) is 0.243. The van der Waals surface area contributed by atoms with Crippen molar-refractivity contribution < 1.29 is 24.2 Å². The van der Waals surface area contributed by atoms with E-state index >= 15 is 0 Å². The van der Waals surface area contributed by atoms with E-state index in [0.29, 0.717) is 25.8 Å². The second kappa shape index (κ2) is 15.6. The molecule has 1 N–H and O–H groups in total. The van der Waals surface area contributed by atoms with Crippen LogP contribution in [-0.2, 0) is 33.7 Å². The van der Waals surface area contributed by atoms with E-state index in [-0.39, 0.29) is 48.1 Å². The van der Waals surface area contributed by atoms with Gasteiger partial charge in [-0.25, -0.2) is 0 Å². The number of anilines is 1. The standard InChI is InChI=1S/C41H54N2O5Si/c1-29-37(22-17-30-12-11-15-33(24-30)42-23-10-6-5-7-16-39(42)45)48-38(41(29)49(3,4)36-20-18-35(47-2)19-21-36)26-40(46)43-27-32-14-9-8-13-31(32)25-34(43)28-44/h8-9,11-15,18-21,24,29,34,37-38,41,44H,5-7,10,16-17,22-23,25-28H2,1-4H3/t29-,34-,37+,38-,41+/m0/s1. The summed E-state index contributed by atoms with van der Waals surface area (Å²) >= 11 is 0. The zero-order chi connectivity index (χ0) is 34.5. The minimum Gasteiger partial charge on any atom is -0.497 e. The zero-order valence-corrected chi connectivity index (χ0v) is 30.8. The third kappa shape index (κ3) is 7.82. The molecule has 5 atom stereocenters. The van der Waals surface area contributed by atoms with Crippen LogP contribution in [0.4, 0.5) is 5.69 Å². The number of carbonyl (C=O) groups excluding carboxylic acids is 2. The molecule has 262 valence electrons. The maximum absolute atomic E-state index is 14.2. The number of aliphatic hydroxyl groups excluding tert-OH is 1. The summed E-state index contributed by atoms with van der Waals surface area (Å²) < 4.78 is 12.5. The van der Waals surface area contributed by atoms with Gasteiger partial charge in [0, 0.05) is 25.2 Å². The number of rotatable bonds is 10. The van der Waals surface area contributed by atoms with E-state index in [9.17, 15) is 14.7 Å². The van der Waals surface area contributed by atoms with Gasteiger partial charge in [0.2, 0.25) is 11.8 Å². The van der Waals surface area contributed by atoms with Crippen LogP contribution in [0.3, 0.4) is 0 Å². The Morgan fingerprint density at radius 3 is 2.47 bits per heavy atom. The van der Waals surface area contributed by atoms with Gasteiger partial charge < -0.3 is 24.4 Å². The molecule has 49 heavy (non-hydrogen) atoms. The molecule has 3 heterocycles. The molecular weight excluding hydrogens is 629 g/mol. The Balaban J connectivity index is 1.22. The summed E-state index contributed by atoms with van der Waals surface area (Å²) in [5.74, 6) is 1.39. The fourth-order valence-corrected chi connectivity index (χ4v) is 12.9. The van der Waals surface area contributed by atoms with Gasteiger partial charge in [-0.2, -0.15) is 0 Å². The Hall–Kier alpha value is -3.46. The largest absolute Gasteiger partial charge is 0.497 e. The number of amides is 2. The van der Waals surface area contributed by atoms with Crippen LogP contribution in [0.1, 0.15) is 68.6 Å². The summed E-state index contributed by atoms with van der Waals surface area (Å²) in [6, 6.07) is 25.0. The van der Waals surface area contributed by atoms with Crippen molar-refractivity contribution in [1.29, 1.82) is 0 Å². The molecule has 8 heteroatoms. The highest BCUT2D eigenvalue weighted by Crippen LogP contribution is 2.47. The smallest absolute Gasteiger partial charge is 0.226 e. The van der Waals surface area contributed by atoms with E-state index < -0.39 is 8.07 Å². The summed E-state index contributed by atoms with van der Waals surface area (Å²) in [5.41, 5.74) is 4.80. The number of carbonyl (C=O) groups is 2. The van der Waals surface area contributed by atoms with Gasteiger partial charge in [-0.3, -0.25) is 9.59 Å². The number of hydrogen-bond acceptors (Lipinski definition) is 5. The number of aliphatic hydroxyl groups is 1. The van der Waals surface area contributed by atoms with Gasteiger partial charge in [-0.15, -0.1) is 0 Å². The molecule has 6 rings (SSSR count). The van der Waals surface area contributed by atoms with E-state index in [1.807, 2.05) is 34.1 Å². The fourth-order valence-electron chi connectivity index (χ4n) is 8.80. The molecule has 2 saturated heterocycles. The van der Waals surface area contributed by atoms with Crippen molar-refractivity contribution in [3.05, 3.63) is 89.5 Å². The molecule has 0 saturated carbocycles. The van der Waals surface area contributed by atoms with Gasteiger partial charge in [-0.05, 0) is 84.5 Å². The molecular formula is C41H54N2O5Si. The van der Waals surface area contributed by atoms with Crippen molar-refractivity contribution in [2.45, 2.75) is 108 Å². The second-order valence-corrected chi connectivity index (χ2v) is 19.7. The summed E-state index contributed by atoms with van der Waals surface area (Å²) in [5, 5.41) is 11.7. The molecule has 3 aromatic rings. The van der Waals surface area contributed by atoms with Crippen molar-refractivity contribution in [2.75, 3.05) is 25.2 Å². The summed E-state index contributed by atoms with van der Waals surface area (Å²) in [7, 11) is -0.458. The average molecular weight is 683 g/mol. The monoisotopic (exact) mass is 682 g/mol. The third-order valence-corrected chi connectivity index (χ3v) is 16.0. The molecule has 0 aromatic heterocycles. The van der Waals surface area contributed by atoms with Crippen LogP contribution in [0.2, 0.25) is 18.6 Å². The minimum atomic E-state index is -2.15. The lowest BCUT2D eigenvalue weighted by Gasteiger charge is -2.39. The van der Waals surface area contributed by atoms with Crippen LogP contribution < -0.4 is 14.8 Å². The van der Waals surface area contributed by atoms with Crippen LogP contribution in [0.25, 0.3) is 0 Å². The number of aryl methyl sites for hydroxylation is 1. The van der Waals surface area contributed by atoms with Crippen molar-refractivity contribution in [3.63, 3.8) is 0 Å². The Morgan fingerprint density at radius 1 is 0.959 bits per heavy atom. The number of nitrogens with zero attached hydrogens (tertiary/aromatic N) is 2. The minimum absolute atomic E-state index is 0.00975. The molecule has 0 radical (unpaired) electrons. The summed E-state index contributed by atoms with van der Waals surface area (Å²) in [6.45, 7) is 8.40. The average Bonchev–Trinajstić information content (AvgIpc) is 3.43. The normalized spacial score (nSPS) is 24.7. The van der Waals surface area contributed by atoms with Gasteiger partial charge >= 0.3 is 0 Å². The van der Waals surface area contributed by atoms with E-state index in [4.69, 9.17) is 9.47 Å². The number of benzene rings is 3. The molecule has 0 unspecified atom stereocenters. The molecule has 3 aliphatic heterocycles. The molecule has 2 amide bonds. The molecule has 0 spiro atoms. The van der Waals surface area contributed by atoms with Crippen LogP contribution in [0.5, 0.6) is 5.75 Å². The van der Waals surface area contributed by atoms with Crippen LogP contribution >= 0.6 is 0 Å². The second-order valence-electron chi connectivity index (χ2n) is 15.0. The first-order chi connectivity index (χ1) is 23.7. The first-order valence-electron chi connectivity index (χ1n) is 18.4. The maximum atomic E-state index is 14.2. The Kier molecular flexibility index (Phi) is 11.3. The third-order valence-electron chi connectivity index (χ3n) is 11.6. The number of hydrogen-bond donors (Lipinski definition) is 1. The fraction of sp³-hybridized carbons (Fsp3) is 0.512. The Morgan fingerprint density at radius 2 is 1.71 bits per heavy atom. The predicted octanol–water partition coefficient (Wildman–Crippen LogP) is 6.65. The van der Waals surface area contributed by atoms with Crippen LogP contribution in [-0.4, -0.2) is 68.4 Å². The van der Waals surface area contributed by atoms with Crippen molar-refractivity contribution in [1.82, 2.24) is 4.90 Å². The van der Waals surface area contributed by atoms with Crippen molar-refractivity contribution in [2.24, 2.45) is 5.92 Å². The van der Waals surface area contributed by atoms with Gasteiger partial charge in [0.15, 0.2) is 0 Å². The molecule has 2 fully saturated rings. The van der Waals surface area contributed by atoms with Crippen molar-refractivity contribution in [3.8, 4) is 5.75 Å². The lowest BCUT2D eigenvalue weighted by Crippen LogP contribution is -2.52. The topological polar surface area (TPSA) is 79.3 Å². The highest BCUT2D eigenvalue weighted by atomic mass is 28.3.